The van der Waals surface area contributed by atoms with E-state index in [0.717, 1.165) is 18.4 Å². The van der Waals surface area contributed by atoms with Gasteiger partial charge >= 0.3 is 0 Å². The van der Waals surface area contributed by atoms with E-state index in [2.05, 4.69) is 0 Å². The Bertz CT molecular complexity index is 391. The zero-order chi connectivity index (χ0) is 13.5. The first-order valence-electron chi connectivity index (χ1n) is 6.27. The summed E-state index contributed by atoms with van der Waals surface area (Å²) in [5.41, 5.74) is 6.40. The lowest BCUT2D eigenvalue weighted by atomic mass is 10.1. The van der Waals surface area contributed by atoms with Crippen LogP contribution in [0.5, 0.6) is 5.75 Å². The van der Waals surface area contributed by atoms with Gasteiger partial charge in [-0.1, -0.05) is 18.2 Å². The number of hydrogen-bond acceptors (Lipinski definition) is 3. The fourth-order valence-corrected chi connectivity index (χ4v) is 1.75. The van der Waals surface area contributed by atoms with Crippen LogP contribution in [-0.4, -0.2) is 29.0 Å². The number of nitrogens with zero attached hydrogens (tertiary/aromatic N) is 1. The summed E-state index contributed by atoms with van der Waals surface area (Å²) < 4.78 is 0. The van der Waals surface area contributed by atoms with Crippen LogP contribution in [0.2, 0.25) is 0 Å². The molecular formula is C14H22N2O2. The Morgan fingerprint density at radius 3 is 2.72 bits per heavy atom. The Kier molecular flexibility index (Phi) is 5.65. The van der Waals surface area contributed by atoms with E-state index >= 15 is 0 Å². The topological polar surface area (TPSA) is 66.6 Å². The van der Waals surface area contributed by atoms with Crippen LogP contribution >= 0.6 is 0 Å². The van der Waals surface area contributed by atoms with Crippen LogP contribution in [0, 0.1) is 0 Å². The lowest BCUT2D eigenvalue weighted by Crippen LogP contribution is -2.26. The van der Waals surface area contributed by atoms with Gasteiger partial charge in [0.05, 0.1) is 0 Å². The summed E-state index contributed by atoms with van der Waals surface area (Å²) in [4.78, 5) is 13.5. The number of para-hydroxylation sites is 1. The van der Waals surface area contributed by atoms with Gasteiger partial charge in [-0.15, -0.1) is 0 Å². The second-order valence-electron chi connectivity index (χ2n) is 4.75. The minimum Gasteiger partial charge on any atom is -0.508 e. The molecule has 0 spiro atoms. The molecule has 4 heteroatoms. The molecule has 0 bridgehead atoms. The summed E-state index contributed by atoms with van der Waals surface area (Å²) in [6.45, 7) is 2.37. The maximum absolute atomic E-state index is 11.8. The number of phenolic OH excluding ortho intramolecular Hbond substituents is 1. The monoisotopic (exact) mass is 250 g/mol. The van der Waals surface area contributed by atoms with E-state index in [1.165, 1.54) is 0 Å². The molecule has 3 N–H and O–H groups in total. The Labute approximate surface area is 108 Å². The summed E-state index contributed by atoms with van der Waals surface area (Å²) in [5, 5.41) is 9.64. The number of phenols is 1. The molecule has 0 aliphatic carbocycles. The maximum atomic E-state index is 11.8. The summed E-state index contributed by atoms with van der Waals surface area (Å²) in [6, 6.07) is 7.21. The van der Waals surface area contributed by atoms with Gasteiger partial charge in [-0.05, 0) is 25.8 Å². The van der Waals surface area contributed by atoms with Crippen molar-refractivity contribution in [3.63, 3.8) is 0 Å². The molecule has 1 amide bonds. The molecule has 0 aromatic heterocycles. The number of amides is 1. The molecule has 0 aliphatic rings. The van der Waals surface area contributed by atoms with Crippen LogP contribution in [-0.2, 0) is 11.3 Å². The molecule has 1 aromatic rings. The van der Waals surface area contributed by atoms with Crippen molar-refractivity contribution in [3.05, 3.63) is 29.8 Å². The lowest BCUT2D eigenvalue weighted by Gasteiger charge is -2.18. The number of hydrogen-bond donors (Lipinski definition) is 2. The second-order valence-corrected chi connectivity index (χ2v) is 4.75. The highest BCUT2D eigenvalue weighted by Gasteiger charge is 2.11. The second kappa shape index (κ2) is 7.01. The number of carbonyl (C=O) groups excluding carboxylic acids is 1. The van der Waals surface area contributed by atoms with Gasteiger partial charge in [0.15, 0.2) is 0 Å². The molecule has 100 valence electrons. The first-order valence-corrected chi connectivity index (χ1v) is 6.27. The Morgan fingerprint density at radius 2 is 2.11 bits per heavy atom. The average molecular weight is 250 g/mol. The van der Waals surface area contributed by atoms with Crippen molar-refractivity contribution >= 4 is 5.91 Å². The van der Waals surface area contributed by atoms with Crippen molar-refractivity contribution in [2.24, 2.45) is 5.73 Å². The van der Waals surface area contributed by atoms with E-state index in [1.807, 2.05) is 19.1 Å². The number of carbonyl (C=O) groups is 1. The summed E-state index contributed by atoms with van der Waals surface area (Å²) in [7, 11) is 1.75. The van der Waals surface area contributed by atoms with E-state index in [4.69, 9.17) is 5.73 Å². The largest absolute Gasteiger partial charge is 0.508 e. The summed E-state index contributed by atoms with van der Waals surface area (Å²) in [6.07, 6.45) is 2.17. The van der Waals surface area contributed by atoms with Crippen molar-refractivity contribution < 1.29 is 9.90 Å². The van der Waals surface area contributed by atoms with Crippen LogP contribution in [0.1, 0.15) is 31.7 Å². The molecule has 1 unspecified atom stereocenters. The lowest BCUT2D eigenvalue weighted by molar-refractivity contribution is -0.130. The molecule has 4 nitrogen and oxygen atoms in total. The Balaban J connectivity index is 2.43. The molecule has 0 heterocycles. The quantitative estimate of drug-likeness (QED) is 0.810. The number of rotatable bonds is 6. The van der Waals surface area contributed by atoms with Gasteiger partial charge in [0.25, 0.3) is 0 Å². The van der Waals surface area contributed by atoms with Gasteiger partial charge in [-0.3, -0.25) is 4.79 Å². The zero-order valence-corrected chi connectivity index (χ0v) is 11.1. The predicted molar refractivity (Wildman–Crippen MR) is 72.1 cm³/mol. The molecule has 1 rings (SSSR count). The molecule has 0 saturated carbocycles. The fourth-order valence-electron chi connectivity index (χ4n) is 1.75. The molecule has 18 heavy (non-hydrogen) atoms. The summed E-state index contributed by atoms with van der Waals surface area (Å²) >= 11 is 0. The third kappa shape index (κ3) is 4.75. The maximum Gasteiger partial charge on any atom is 0.222 e. The number of aromatic hydroxyl groups is 1. The van der Waals surface area contributed by atoms with Crippen LogP contribution in [0.15, 0.2) is 24.3 Å². The minimum atomic E-state index is 0.0823. The third-order valence-electron chi connectivity index (χ3n) is 2.87. The van der Waals surface area contributed by atoms with Crippen molar-refractivity contribution in [1.82, 2.24) is 4.90 Å². The standard InChI is InChI=1S/C14H22N2O2/c1-11(15)6-5-9-14(18)16(2)10-12-7-3-4-8-13(12)17/h3-4,7-8,11,17H,5-6,9-10,15H2,1-2H3. The van der Waals surface area contributed by atoms with Gasteiger partial charge < -0.3 is 15.7 Å². The zero-order valence-electron chi connectivity index (χ0n) is 11.1. The van der Waals surface area contributed by atoms with Crippen molar-refractivity contribution in [3.8, 4) is 5.75 Å². The van der Waals surface area contributed by atoms with Gasteiger partial charge in [0.2, 0.25) is 5.91 Å². The molecule has 0 radical (unpaired) electrons. The third-order valence-corrected chi connectivity index (χ3v) is 2.87. The van der Waals surface area contributed by atoms with Gasteiger partial charge in [0.1, 0.15) is 5.75 Å². The van der Waals surface area contributed by atoms with E-state index in [0.29, 0.717) is 13.0 Å². The molecule has 1 atom stereocenters. The first kappa shape index (κ1) is 14.5. The number of benzene rings is 1. The van der Waals surface area contributed by atoms with E-state index in [1.54, 1.807) is 24.1 Å². The van der Waals surface area contributed by atoms with Gasteiger partial charge in [-0.25, -0.2) is 0 Å². The first-order chi connectivity index (χ1) is 8.50. The van der Waals surface area contributed by atoms with E-state index < -0.39 is 0 Å². The van der Waals surface area contributed by atoms with Crippen molar-refractivity contribution in [2.75, 3.05) is 7.05 Å². The van der Waals surface area contributed by atoms with E-state index in [-0.39, 0.29) is 17.7 Å². The highest BCUT2D eigenvalue weighted by molar-refractivity contribution is 5.75. The van der Waals surface area contributed by atoms with Crippen molar-refractivity contribution in [1.29, 1.82) is 0 Å². The van der Waals surface area contributed by atoms with Gasteiger partial charge in [0, 0.05) is 31.6 Å². The van der Waals surface area contributed by atoms with Crippen LogP contribution in [0.3, 0.4) is 0 Å². The normalized spacial score (nSPS) is 12.2. The molecule has 0 fully saturated rings. The Morgan fingerprint density at radius 1 is 1.44 bits per heavy atom. The highest BCUT2D eigenvalue weighted by atomic mass is 16.3. The Hall–Kier alpha value is -1.55. The number of nitrogens with two attached hydrogens (primary N) is 1. The molecule has 0 saturated heterocycles. The molecule has 0 aliphatic heterocycles. The van der Waals surface area contributed by atoms with Crippen molar-refractivity contribution in [2.45, 2.75) is 38.8 Å². The van der Waals surface area contributed by atoms with Crippen LogP contribution < -0.4 is 5.73 Å². The highest BCUT2D eigenvalue weighted by Crippen LogP contribution is 2.17. The average Bonchev–Trinajstić information content (AvgIpc) is 2.31. The van der Waals surface area contributed by atoms with Crippen LogP contribution in [0.4, 0.5) is 0 Å². The fraction of sp³-hybridized carbons (Fsp3) is 0.500. The predicted octanol–water partition coefficient (Wildman–Crippen LogP) is 1.87. The molecular weight excluding hydrogens is 228 g/mol. The SMILES string of the molecule is CC(N)CCCC(=O)N(C)Cc1ccccc1O. The smallest absolute Gasteiger partial charge is 0.222 e. The van der Waals surface area contributed by atoms with Crippen LogP contribution in [0.25, 0.3) is 0 Å². The minimum absolute atomic E-state index is 0.0823. The van der Waals surface area contributed by atoms with Gasteiger partial charge in [-0.2, -0.15) is 0 Å². The molecule has 1 aromatic carbocycles. The summed E-state index contributed by atoms with van der Waals surface area (Å²) in [5.74, 6) is 0.312. The van der Waals surface area contributed by atoms with E-state index in [9.17, 15) is 9.90 Å².